The molecule has 3 aromatic rings. The first-order chi connectivity index (χ1) is 18.9. The molecule has 4 rings (SSSR count). The third kappa shape index (κ3) is 8.10. The minimum Gasteiger partial charge on any atom is -0.488 e. The lowest BCUT2D eigenvalue weighted by atomic mass is 9.98. The highest BCUT2D eigenvalue weighted by molar-refractivity contribution is 5.86. The van der Waals surface area contributed by atoms with E-state index in [0.717, 1.165) is 36.1 Å². The van der Waals surface area contributed by atoms with E-state index in [1.54, 1.807) is 31.9 Å². The van der Waals surface area contributed by atoms with Crippen LogP contribution in [0.15, 0.2) is 65.2 Å². The molecular weight excluding hydrogens is 506 g/mol. The van der Waals surface area contributed by atoms with Gasteiger partial charge < -0.3 is 24.1 Å². The summed E-state index contributed by atoms with van der Waals surface area (Å²) in [5.41, 5.74) is 0.815. The molecule has 0 saturated carbocycles. The number of rotatable bonds is 7. The number of ether oxygens (including phenoxy) is 2. The lowest BCUT2D eigenvalue weighted by molar-refractivity contribution is -0.138. The summed E-state index contributed by atoms with van der Waals surface area (Å²) in [6.07, 6.45) is 3.94. The number of carbonyl (C=O) groups is 2. The van der Waals surface area contributed by atoms with Gasteiger partial charge in [-0.25, -0.2) is 9.78 Å². The highest BCUT2D eigenvalue weighted by Crippen LogP contribution is 2.33. The van der Waals surface area contributed by atoms with Crippen molar-refractivity contribution in [2.24, 2.45) is 0 Å². The minimum absolute atomic E-state index is 0.190. The second kappa shape index (κ2) is 12.1. The van der Waals surface area contributed by atoms with Crippen molar-refractivity contribution in [2.45, 2.75) is 90.5 Å². The Balaban J connectivity index is 1.57. The molecule has 1 aliphatic rings. The molecule has 1 saturated heterocycles. The SMILES string of the molecule is CC(C)(C)OC(=O)NC(Cc1ccc(OC(C)(C)C)cc1)C(=O)N1CCCCC1c1ncc(-c2ccccc2)o1. The fraction of sp³-hybridized carbons (Fsp3) is 0.469. The van der Waals surface area contributed by atoms with Gasteiger partial charge in [0, 0.05) is 18.5 Å². The van der Waals surface area contributed by atoms with Crippen molar-refractivity contribution >= 4 is 12.0 Å². The number of carbonyl (C=O) groups excluding carboxylic acids is 2. The van der Waals surface area contributed by atoms with Gasteiger partial charge in [0.2, 0.25) is 11.8 Å². The first-order valence-corrected chi connectivity index (χ1v) is 14.0. The van der Waals surface area contributed by atoms with Gasteiger partial charge in [-0.1, -0.05) is 42.5 Å². The van der Waals surface area contributed by atoms with Crippen LogP contribution in [0.2, 0.25) is 0 Å². The number of likely N-dealkylation sites (tertiary alicyclic amines) is 1. The molecule has 1 fully saturated rings. The second-order valence-electron chi connectivity index (χ2n) is 12.2. The van der Waals surface area contributed by atoms with Crippen LogP contribution in [0.25, 0.3) is 11.3 Å². The van der Waals surface area contributed by atoms with Gasteiger partial charge in [0.25, 0.3) is 0 Å². The Kier molecular flexibility index (Phi) is 8.86. The number of aromatic nitrogens is 1. The molecule has 0 radical (unpaired) electrons. The van der Waals surface area contributed by atoms with E-state index in [-0.39, 0.29) is 17.6 Å². The molecule has 2 heterocycles. The van der Waals surface area contributed by atoms with E-state index in [1.165, 1.54) is 0 Å². The molecular formula is C32H41N3O5. The monoisotopic (exact) mass is 547 g/mol. The van der Waals surface area contributed by atoms with Crippen molar-refractivity contribution in [3.8, 4) is 17.1 Å². The van der Waals surface area contributed by atoms with Crippen LogP contribution in [0.5, 0.6) is 5.75 Å². The Morgan fingerprint density at radius 1 is 1.00 bits per heavy atom. The largest absolute Gasteiger partial charge is 0.488 e. The molecule has 40 heavy (non-hydrogen) atoms. The van der Waals surface area contributed by atoms with Crippen molar-refractivity contribution in [2.75, 3.05) is 6.54 Å². The first-order valence-electron chi connectivity index (χ1n) is 14.0. The summed E-state index contributed by atoms with van der Waals surface area (Å²) in [4.78, 5) is 33.2. The van der Waals surface area contributed by atoms with Crippen LogP contribution in [0, 0.1) is 0 Å². The third-order valence-electron chi connectivity index (χ3n) is 6.43. The predicted molar refractivity (Wildman–Crippen MR) is 154 cm³/mol. The zero-order chi connectivity index (χ0) is 28.9. The summed E-state index contributed by atoms with van der Waals surface area (Å²) in [7, 11) is 0. The Hall–Kier alpha value is -3.81. The molecule has 8 nitrogen and oxygen atoms in total. The molecule has 1 aliphatic heterocycles. The number of piperidine rings is 1. The van der Waals surface area contributed by atoms with E-state index in [4.69, 9.17) is 13.9 Å². The lowest BCUT2D eigenvalue weighted by Gasteiger charge is -2.36. The zero-order valence-electron chi connectivity index (χ0n) is 24.4. The van der Waals surface area contributed by atoms with Crippen LogP contribution in [0.3, 0.4) is 0 Å². The predicted octanol–water partition coefficient (Wildman–Crippen LogP) is 6.71. The Morgan fingerprint density at radius 2 is 1.70 bits per heavy atom. The normalized spacial score (nSPS) is 16.8. The Labute approximate surface area is 237 Å². The maximum atomic E-state index is 14.1. The van der Waals surface area contributed by atoms with Crippen LogP contribution in [-0.2, 0) is 16.0 Å². The Morgan fingerprint density at radius 3 is 2.35 bits per heavy atom. The lowest BCUT2D eigenvalue weighted by Crippen LogP contribution is -2.52. The Bertz CT molecular complexity index is 1270. The third-order valence-corrected chi connectivity index (χ3v) is 6.43. The first kappa shape index (κ1) is 29.2. The molecule has 0 bridgehead atoms. The van der Waals surface area contributed by atoms with Gasteiger partial charge in [-0.3, -0.25) is 4.79 Å². The molecule has 214 valence electrons. The summed E-state index contributed by atoms with van der Waals surface area (Å²) in [5, 5.41) is 2.84. The quantitative estimate of drug-likeness (QED) is 0.353. The van der Waals surface area contributed by atoms with Gasteiger partial charge in [-0.2, -0.15) is 0 Å². The summed E-state index contributed by atoms with van der Waals surface area (Å²) in [6, 6.07) is 16.3. The maximum absolute atomic E-state index is 14.1. The maximum Gasteiger partial charge on any atom is 0.408 e. The topological polar surface area (TPSA) is 93.9 Å². The average molecular weight is 548 g/mol. The van der Waals surface area contributed by atoms with E-state index in [1.807, 2.05) is 75.4 Å². The molecule has 1 N–H and O–H groups in total. The van der Waals surface area contributed by atoms with Crippen LogP contribution in [0.4, 0.5) is 4.79 Å². The van der Waals surface area contributed by atoms with Crippen LogP contribution < -0.4 is 10.1 Å². The molecule has 1 aromatic heterocycles. The second-order valence-corrected chi connectivity index (χ2v) is 12.2. The zero-order valence-corrected chi connectivity index (χ0v) is 24.4. The number of amides is 2. The van der Waals surface area contributed by atoms with Gasteiger partial charge in [0.05, 0.1) is 6.20 Å². The highest BCUT2D eigenvalue weighted by Gasteiger charge is 2.36. The smallest absolute Gasteiger partial charge is 0.408 e. The van der Waals surface area contributed by atoms with E-state index in [2.05, 4.69) is 10.3 Å². The van der Waals surface area contributed by atoms with Gasteiger partial charge >= 0.3 is 6.09 Å². The highest BCUT2D eigenvalue weighted by atomic mass is 16.6. The number of nitrogens with zero attached hydrogens (tertiary/aromatic N) is 2. The van der Waals surface area contributed by atoms with Gasteiger partial charge in [-0.05, 0) is 78.5 Å². The number of hydrogen-bond acceptors (Lipinski definition) is 6. The van der Waals surface area contributed by atoms with Crippen molar-refractivity contribution in [3.63, 3.8) is 0 Å². The summed E-state index contributed by atoms with van der Waals surface area (Å²) < 4.78 is 17.6. The fourth-order valence-electron chi connectivity index (χ4n) is 4.76. The van der Waals surface area contributed by atoms with Crippen LogP contribution in [0.1, 0.15) is 78.3 Å². The number of oxazole rings is 1. The molecule has 8 heteroatoms. The molecule has 0 spiro atoms. The van der Waals surface area contributed by atoms with Crippen molar-refractivity contribution in [3.05, 3.63) is 72.2 Å². The summed E-state index contributed by atoms with van der Waals surface area (Å²) >= 11 is 0. The van der Waals surface area contributed by atoms with Crippen LogP contribution in [-0.4, -0.2) is 45.7 Å². The molecule has 2 atom stereocenters. The molecule has 0 aliphatic carbocycles. The van der Waals surface area contributed by atoms with Gasteiger partial charge in [0.1, 0.15) is 29.0 Å². The van der Waals surface area contributed by atoms with E-state index in [0.29, 0.717) is 24.6 Å². The van der Waals surface area contributed by atoms with E-state index >= 15 is 0 Å². The fourth-order valence-corrected chi connectivity index (χ4v) is 4.76. The van der Waals surface area contributed by atoms with Gasteiger partial charge in [-0.15, -0.1) is 0 Å². The molecule has 2 amide bonds. The van der Waals surface area contributed by atoms with Crippen molar-refractivity contribution < 1.29 is 23.5 Å². The van der Waals surface area contributed by atoms with E-state index in [9.17, 15) is 9.59 Å². The van der Waals surface area contributed by atoms with Crippen molar-refractivity contribution in [1.82, 2.24) is 15.2 Å². The molecule has 2 aromatic carbocycles. The minimum atomic E-state index is -0.826. The number of nitrogens with one attached hydrogen (secondary N) is 1. The number of benzene rings is 2. The van der Waals surface area contributed by atoms with Crippen LogP contribution >= 0.6 is 0 Å². The summed E-state index contributed by atoms with van der Waals surface area (Å²) in [6.45, 7) is 11.9. The number of hydrogen-bond donors (Lipinski definition) is 1. The standard InChI is InChI=1S/C32H41N3O5/c1-31(2,3)39-24-17-15-22(16-18-24)20-25(34-30(37)40-32(4,5)6)29(36)35-19-11-10-14-26(35)28-33-21-27(38-28)23-12-8-7-9-13-23/h7-9,12-13,15-18,21,25-26H,10-11,14,19-20H2,1-6H3,(H,34,37). The number of alkyl carbamates (subject to hydrolysis) is 1. The van der Waals surface area contributed by atoms with Gasteiger partial charge in [0.15, 0.2) is 5.76 Å². The summed E-state index contributed by atoms with van der Waals surface area (Å²) in [5.74, 6) is 1.72. The molecule has 2 unspecified atom stereocenters. The van der Waals surface area contributed by atoms with E-state index < -0.39 is 17.7 Å². The van der Waals surface area contributed by atoms with Crippen molar-refractivity contribution in [1.29, 1.82) is 0 Å². The average Bonchev–Trinajstić information content (AvgIpc) is 3.38.